The first-order chi connectivity index (χ1) is 15.2. The highest BCUT2D eigenvalue weighted by Gasteiger charge is 2.44. The van der Waals surface area contributed by atoms with Crippen molar-refractivity contribution in [3.8, 4) is 0 Å². The molecule has 1 aliphatic rings. The molecule has 2 aromatic carbocycles. The highest BCUT2D eigenvalue weighted by molar-refractivity contribution is 6.31. The Bertz CT molecular complexity index is 1240. The summed E-state index contributed by atoms with van der Waals surface area (Å²) in [5.41, 5.74) is 0.319. The monoisotopic (exact) mass is 450 g/mol. The van der Waals surface area contributed by atoms with Crippen LogP contribution in [0.4, 0.5) is 5.69 Å². The van der Waals surface area contributed by atoms with Crippen LogP contribution in [0.2, 0.25) is 5.02 Å². The molecule has 1 unspecified atom stereocenters. The number of hydrogen-bond acceptors (Lipinski definition) is 4. The third-order valence-electron chi connectivity index (χ3n) is 5.93. The van der Waals surface area contributed by atoms with Gasteiger partial charge in [0.15, 0.2) is 0 Å². The molecule has 0 fully saturated rings. The van der Waals surface area contributed by atoms with Crippen LogP contribution in [0.3, 0.4) is 0 Å². The lowest BCUT2D eigenvalue weighted by Gasteiger charge is -2.42. The molecule has 0 saturated carbocycles. The molecule has 2 N–H and O–H groups in total. The van der Waals surface area contributed by atoms with Gasteiger partial charge >= 0.3 is 0 Å². The van der Waals surface area contributed by atoms with E-state index in [2.05, 4.69) is 15.6 Å². The van der Waals surface area contributed by atoms with Crippen molar-refractivity contribution in [2.24, 2.45) is 0 Å². The SMILES string of the molecule is CNC(=O)C(C)(C)N1CC(C(=O)Nc2cncc3ccccc23)c2cc(Cl)ccc2C1=O. The normalized spacial score (nSPS) is 15.9. The van der Waals surface area contributed by atoms with E-state index in [4.69, 9.17) is 11.6 Å². The van der Waals surface area contributed by atoms with E-state index >= 15 is 0 Å². The lowest BCUT2D eigenvalue weighted by molar-refractivity contribution is -0.131. The molecular weight excluding hydrogens is 428 g/mol. The Kier molecular flexibility index (Phi) is 5.60. The molecule has 1 aliphatic heterocycles. The number of rotatable bonds is 4. The standard InChI is InChI=1S/C24H23ClN4O3/c1-24(2,23(32)26-3)29-13-19(18-10-15(25)8-9-17(18)22(29)31)21(30)28-20-12-27-11-14-6-4-5-7-16(14)20/h4-12,19H,13H2,1-3H3,(H,26,32)(H,28,30). The van der Waals surface area contributed by atoms with Gasteiger partial charge in [-0.15, -0.1) is 0 Å². The molecule has 0 saturated heterocycles. The van der Waals surface area contributed by atoms with Crippen molar-refractivity contribution in [2.45, 2.75) is 25.3 Å². The fourth-order valence-corrected chi connectivity index (χ4v) is 4.28. The van der Waals surface area contributed by atoms with Gasteiger partial charge in [0.2, 0.25) is 11.8 Å². The minimum absolute atomic E-state index is 0.0383. The molecule has 0 radical (unpaired) electrons. The molecule has 1 atom stereocenters. The zero-order valence-electron chi connectivity index (χ0n) is 18.0. The number of pyridine rings is 1. The number of fused-ring (bicyclic) bond motifs is 2. The molecule has 3 aromatic rings. The minimum atomic E-state index is -1.15. The van der Waals surface area contributed by atoms with Gasteiger partial charge < -0.3 is 15.5 Å². The van der Waals surface area contributed by atoms with Crippen molar-refractivity contribution >= 4 is 45.8 Å². The summed E-state index contributed by atoms with van der Waals surface area (Å²) in [4.78, 5) is 44.9. The van der Waals surface area contributed by atoms with E-state index in [0.29, 0.717) is 21.8 Å². The summed E-state index contributed by atoms with van der Waals surface area (Å²) >= 11 is 6.20. The van der Waals surface area contributed by atoms with Crippen LogP contribution in [0.5, 0.6) is 0 Å². The van der Waals surface area contributed by atoms with Gasteiger partial charge in [-0.2, -0.15) is 0 Å². The average molecular weight is 451 g/mol. The van der Waals surface area contributed by atoms with Gasteiger partial charge in [0.05, 0.1) is 17.8 Å². The number of carbonyl (C=O) groups excluding carboxylic acids is 3. The molecule has 164 valence electrons. The Balaban J connectivity index is 1.75. The summed E-state index contributed by atoms with van der Waals surface area (Å²) in [5.74, 6) is -1.66. The zero-order chi connectivity index (χ0) is 23.0. The highest BCUT2D eigenvalue weighted by atomic mass is 35.5. The van der Waals surface area contributed by atoms with Crippen molar-refractivity contribution < 1.29 is 14.4 Å². The first kappa shape index (κ1) is 21.8. The van der Waals surface area contributed by atoms with Crippen LogP contribution in [-0.4, -0.2) is 46.7 Å². The number of aromatic nitrogens is 1. The first-order valence-electron chi connectivity index (χ1n) is 10.2. The Morgan fingerprint density at radius 2 is 1.91 bits per heavy atom. The topological polar surface area (TPSA) is 91.4 Å². The molecular formula is C24H23ClN4O3. The summed E-state index contributed by atoms with van der Waals surface area (Å²) in [6, 6.07) is 12.5. The summed E-state index contributed by atoms with van der Waals surface area (Å²) in [6.45, 7) is 3.36. The predicted molar refractivity (Wildman–Crippen MR) is 124 cm³/mol. The van der Waals surface area contributed by atoms with E-state index in [1.54, 1.807) is 44.4 Å². The first-order valence-corrected chi connectivity index (χ1v) is 10.6. The molecule has 2 heterocycles. The van der Waals surface area contributed by atoms with E-state index in [1.807, 2.05) is 24.3 Å². The number of halogens is 1. The smallest absolute Gasteiger partial charge is 0.255 e. The second-order valence-corrected chi connectivity index (χ2v) is 8.67. The fourth-order valence-electron chi connectivity index (χ4n) is 4.10. The Morgan fingerprint density at radius 1 is 1.16 bits per heavy atom. The summed E-state index contributed by atoms with van der Waals surface area (Å²) in [7, 11) is 1.52. The molecule has 7 nitrogen and oxygen atoms in total. The predicted octanol–water partition coefficient (Wildman–Crippen LogP) is 3.59. The van der Waals surface area contributed by atoms with Crippen LogP contribution in [0.15, 0.2) is 54.9 Å². The van der Waals surface area contributed by atoms with Crippen LogP contribution in [0.1, 0.15) is 35.7 Å². The number of carbonyl (C=O) groups is 3. The maximum absolute atomic E-state index is 13.5. The largest absolute Gasteiger partial charge is 0.357 e. The lowest BCUT2D eigenvalue weighted by Crippen LogP contribution is -2.59. The van der Waals surface area contributed by atoms with E-state index in [1.165, 1.54) is 11.9 Å². The summed E-state index contributed by atoms with van der Waals surface area (Å²) in [6.07, 6.45) is 3.33. The number of amides is 3. The van der Waals surface area contributed by atoms with Gasteiger partial charge in [0.1, 0.15) is 5.54 Å². The number of nitrogens with zero attached hydrogens (tertiary/aromatic N) is 2. The maximum atomic E-state index is 13.5. The van der Waals surface area contributed by atoms with Crippen molar-refractivity contribution in [3.63, 3.8) is 0 Å². The van der Waals surface area contributed by atoms with E-state index in [9.17, 15) is 14.4 Å². The van der Waals surface area contributed by atoms with Crippen molar-refractivity contribution in [3.05, 3.63) is 71.0 Å². The number of hydrogen-bond donors (Lipinski definition) is 2. The third kappa shape index (κ3) is 3.69. The van der Waals surface area contributed by atoms with Gasteiger partial charge in [-0.25, -0.2) is 0 Å². The van der Waals surface area contributed by atoms with E-state index < -0.39 is 11.5 Å². The second-order valence-electron chi connectivity index (χ2n) is 8.24. The van der Waals surface area contributed by atoms with Crippen molar-refractivity contribution in [1.29, 1.82) is 0 Å². The van der Waals surface area contributed by atoms with E-state index in [-0.39, 0.29) is 24.3 Å². The fraction of sp³-hybridized carbons (Fsp3) is 0.250. The minimum Gasteiger partial charge on any atom is -0.357 e. The highest BCUT2D eigenvalue weighted by Crippen LogP contribution is 2.35. The van der Waals surface area contributed by atoms with Gasteiger partial charge in [-0.1, -0.05) is 35.9 Å². The Hall–Kier alpha value is -3.45. The average Bonchev–Trinajstić information content (AvgIpc) is 2.78. The van der Waals surface area contributed by atoms with Gasteiger partial charge in [-0.05, 0) is 37.6 Å². The summed E-state index contributed by atoms with van der Waals surface area (Å²) in [5, 5.41) is 7.75. The molecule has 3 amide bonds. The quantitative estimate of drug-likeness (QED) is 0.635. The Morgan fingerprint density at radius 3 is 2.66 bits per heavy atom. The number of likely N-dealkylation sites (N-methyl/N-ethyl adjacent to an activating group) is 1. The van der Waals surface area contributed by atoms with E-state index in [0.717, 1.165) is 10.8 Å². The van der Waals surface area contributed by atoms with Crippen LogP contribution in [-0.2, 0) is 9.59 Å². The molecule has 8 heteroatoms. The van der Waals surface area contributed by atoms with Crippen LogP contribution >= 0.6 is 11.6 Å². The van der Waals surface area contributed by atoms with Crippen LogP contribution in [0.25, 0.3) is 10.8 Å². The number of benzene rings is 2. The number of nitrogens with one attached hydrogen (secondary N) is 2. The van der Waals surface area contributed by atoms with Gasteiger partial charge in [0, 0.05) is 41.1 Å². The van der Waals surface area contributed by atoms with Crippen LogP contribution in [0, 0.1) is 0 Å². The lowest BCUT2D eigenvalue weighted by atomic mass is 9.85. The van der Waals surface area contributed by atoms with Gasteiger partial charge in [0.25, 0.3) is 5.91 Å². The molecule has 1 aromatic heterocycles. The Labute approximate surface area is 190 Å². The molecule has 0 aliphatic carbocycles. The van der Waals surface area contributed by atoms with Crippen molar-refractivity contribution in [1.82, 2.24) is 15.2 Å². The second kappa shape index (κ2) is 8.24. The zero-order valence-corrected chi connectivity index (χ0v) is 18.7. The maximum Gasteiger partial charge on any atom is 0.255 e. The van der Waals surface area contributed by atoms with Crippen LogP contribution < -0.4 is 10.6 Å². The van der Waals surface area contributed by atoms with Crippen molar-refractivity contribution in [2.75, 3.05) is 18.9 Å². The molecule has 4 rings (SSSR count). The molecule has 0 spiro atoms. The molecule has 0 bridgehead atoms. The summed E-state index contributed by atoms with van der Waals surface area (Å²) < 4.78 is 0. The van der Waals surface area contributed by atoms with Gasteiger partial charge in [-0.3, -0.25) is 19.4 Å². The third-order valence-corrected chi connectivity index (χ3v) is 6.16. The molecule has 32 heavy (non-hydrogen) atoms. The number of anilines is 1.